The van der Waals surface area contributed by atoms with Gasteiger partial charge in [0.25, 0.3) is 0 Å². The van der Waals surface area contributed by atoms with Crippen molar-refractivity contribution in [1.82, 2.24) is 68.8 Å². The van der Waals surface area contributed by atoms with Crippen LogP contribution in [0, 0.1) is 11.8 Å². The summed E-state index contributed by atoms with van der Waals surface area (Å²) >= 11 is 0. The molecule has 37 nitrogen and oxygen atoms in total. The zero-order valence-electron chi connectivity index (χ0n) is 57.8. The first-order valence-corrected chi connectivity index (χ1v) is 33.5. The number of carbonyl (C=O) groups is 16. The zero-order chi connectivity index (χ0) is 76.6. The highest BCUT2D eigenvalue weighted by Gasteiger charge is 2.40. The first kappa shape index (κ1) is 84.8. The van der Waals surface area contributed by atoms with Crippen molar-refractivity contribution in [2.24, 2.45) is 29.0 Å². The molecule has 1 aliphatic rings. The normalized spacial score (nSPS) is 23.3. The molecule has 2 unspecified atom stereocenters. The topological polar surface area (TPSA) is 601 Å². The second-order valence-corrected chi connectivity index (χ2v) is 25.2. The quantitative estimate of drug-likeness (QED) is 0.0333. The van der Waals surface area contributed by atoms with Crippen LogP contribution in [-0.2, 0) is 94.3 Å². The van der Waals surface area contributed by atoms with Crippen LogP contribution in [0.1, 0.15) is 110 Å². The molecule has 0 bridgehead atoms. The number of fused-ring (bicyclic) bond motifs is 1. The molecule has 2 aromatic carbocycles. The molecular weight excluding hydrogens is 1350 g/mol. The van der Waals surface area contributed by atoms with E-state index in [0.29, 0.717) is 34.4 Å². The van der Waals surface area contributed by atoms with Gasteiger partial charge in [-0.3, -0.25) is 71.9 Å². The van der Waals surface area contributed by atoms with Crippen molar-refractivity contribution >= 4 is 106 Å². The first-order valence-electron chi connectivity index (χ1n) is 33.5. The van der Waals surface area contributed by atoms with E-state index in [4.69, 9.17) is 21.9 Å². The second kappa shape index (κ2) is 42.6. The average Bonchev–Trinajstić information content (AvgIpc) is 1.81. The third-order valence-corrected chi connectivity index (χ3v) is 16.5. The standard InChI is InChI=1S/C66H96N16O21/c1-6-34(4)13-12-16-38(84)25-50(86)75-48(32-83)63(99)82-56-35(5)103-66(102)47(23-36-14-8-7-9-15-36)80-60(96)42(20-22-68)76-64(100)55(33(2)3)81-62(98)43(24-37-29-70-40-18-11-10-17-39(37)40)73-51(87)30-71-58(94)46(28-54(91)92)79-61(97)44(26-49(69)85)74-52(88)31-72-57(93)45(27-53(89)90)78-59(95)41(19-21-67)77-65(56)101/h7-11,14-15,17-18,29,33-35,38,41-48,55-56,70,83-84H,6,12-13,16,19-28,30-32,67-68H2,1-5H3,(H2,69,85)(H,71,94)(H,72,93)(H,73,87)(H,74,88)(H,75,86)(H,76,100)(H,77,101)(H,78,95)(H,79,97)(H,80,96)(H,81,98)(H,82,99)(H,89,90)(H,91,92)/t34?,35-,38?,41-,42+,43+,44-,45+,46-,47+,48-,55+,56+/m1/s1. The molecule has 3 aromatic rings. The number of primary amides is 1. The summed E-state index contributed by atoms with van der Waals surface area (Å²) in [4.78, 5) is 223. The summed E-state index contributed by atoms with van der Waals surface area (Å²) in [5.74, 6) is -20.8. The molecule has 0 saturated carbocycles. The number of amides is 13. The van der Waals surface area contributed by atoms with Crippen molar-refractivity contribution in [3.05, 3.63) is 71.9 Å². The van der Waals surface area contributed by atoms with Gasteiger partial charge in [0, 0.05) is 29.9 Å². The summed E-state index contributed by atoms with van der Waals surface area (Å²) in [5, 5.41) is 68.9. The van der Waals surface area contributed by atoms with E-state index in [0.717, 1.165) is 19.8 Å². The number of carboxylic acid groups (broad SMARTS) is 2. The van der Waals surface area contributed by atoms with Gasteiger partial charge in [-0.2, -0.15) is 0 Å². The van der Waals surface area contributed by atoms with E-state index in [1.807, 2.05) is 19.2 Å². The number of hydrogen-bond donors (Lipinski definition) is 20. The van der Waals surface area contributed by atoms with E-state index in [1.54, 1.807) is 60.8 Å². The maximum Gasteiger partial charge on any atom is 0.329 e. The summed E-state index contributed by atoms with van der Waals surface area (Å²) in [5.41, 5.74) is 18.7. The van der Waals surface area contributed by atoms with E-state index in [-0.39, 0.29) is 32.2 Å². The zero-order valence-corrected chi connectivity index (χ0v) is 57.8. The van der Waals surface area contributed by atoms with E-state index < -0.39 is 232 Å². The lowest BCUT2D eigenvalue weighted by Crippen LogP contribution is -2.62. The minimum Gasteiger partial charge on any atom is -0.481 e. The smallest absolute Gasteiger partial charge is 0.329 e. The number of H-pyrrole nitrogens is 1. The molecule has 0 radical (unpaired) electrons. The van der Waals surface area contributed by atoms with Gasteiger partial charge in [0.05, 0.1) is 51.5 Å². The van der Waals surface area contributed by atoms with Crippen molar-refractivity contribution in [2.45, 2.75) is 184 Å². The van der Waals surface area contributed by atoms with Gasteiger partial charge in [0.2, 0.25) is 76.8 Å². The predicted octanol–water partition coefficient (Wildman–Crippen LogP) is -5.88. The summed E-state index contributed by atoms with van der Waals surface area (Å²) < 4.78 is 5.85. The molecule has 1 fully saturated rings. The van der Waals surface area contributed by atoms with Crippen molar-refractivity contribution in [3.63, 3.8) is 0 Å². The predicted molar refractivity (Wildman–Crippen MR) is 365 cm³/mol. The van der Waals surface area contributed by atoms with E-state index in [9.17, 15) is 97.1 Å². The summed E-state index contributed by atoms with van der Waals surface area (Å²) in [6.45, 7) is 4.23. The number of aromatic amines is 1. The number of rotatable bonds is 26. The minimum absolute atomic E-state index is 0.213. The molecule has 103 heavy (non-hydrogen) atoms. The number of aliphatic hydroxyl groups excluding tert-OH is 2. The Morgan fingerprint density at radius 2 is 1.11 bits per heavy atom. The number of cyclic esters (lactones) is 1. The first-order chi connectivity index (χ1) is 48.8. The van der Waals surface area contributed by atoms with Crippen molar-refractivity contribution in [2.75, 3.05) is 32.8 Å². The Balaban J connectivity index is 1.85. The Hall–Kier alpha value is -10.7. The lowest BCUT2D eigenvalue weighted by molar-refractivity contribution is -0.156. The monoisotopic (exact) mass is 1450 g/mol. The fourth-order valence-corrected chi connectivity index (χ4v) is 10.7. The van der Waals surface area contributed by atoms with Crippen molar-refractivity contribution in [3.8, 4) is 0 Å². The number of esters is 1. The number of carboxylic acids is 2. The van der Waals surface area contributed by atoms with Gasteiger partial charge in [0.1, 0.15) is 66.5 Å². The molecule has 4 rings (SSSR count). The number of hydrogen-bond acceptors (Lipinski definition) is 21. The number of carbonyl (C=O) groups excluding carboxylic acids is 14. The number of nitrogens with one attached hydrogen (secondary N) is 13. The molecule has 2 heterocycles. The summed E-state index contributed by atoms with van der Waals surface area (Å²) in [7, 11) is 0. The molecule has 0 spiro atoms. The highest BCUT2D eigenvalue weighted by Crippen LogP contribution is 2.21. The van der Waals surface area contributed by atoms with Crippen LogP contribution < -0.4 is 81.0 Å². The van der Waals surface area contributed by atoms with Gasteiger partial charge in [0.15, 0.2) is 0 Å². The number of aliphatic carboxylic acids is 2. The van der Waals surface area contributed by atoms with Crippen LogP contribution in [-0.4, -0.2) is 226 Å². The van der Waals surface area contributed by atoms with Gasteiger partial charge in [-0.25, -0.2) is 4.79 Å². The Bertz CT molecular complexity index is 3480. The lowest BCUT2D eigenvalue weighted by Gasteiger charge is -2.30. The van der Waals surface area contributed by atoms with E-state index >= 15 is 0 Å². The van der Waals surface area contributed by atoms with Crippen LogP contribution in [0.25, 0.3) is 10.9 Å². The number of para-hydroxylation sites is 1. The third-order valence-electron chi connectivity index (χ3n) is 16.5. The number of ether oxygens (including phenoxy) is 1. The molecule has 1 aliphatic heterocycles. The summed E-state index contributed by atoms with van der Waals surface area (Å²) in [6, 6.07) is -3.56. The molecule has 1 saturated heterocycles. The number of benzene rings is 2. The maximum atomic E-state index is 14.7. The molecule has 13 atom stereocenters. The van der Waals surface area contributed by atoms with Crippen LogP contribution in [0.4, 0.5) is 0 Å². The van der Waals surface area contributed by atoms with Crippen LogP contribution in [0.5, 0.6) is 0 Å². The van der Waals surface area contributed by atoms with Crippen molar-refractivity contribution in [1.29, 1.82) is 0 Å². The minimum atomic E-state index is -2.14. The fraction of sp³-hybridized carbons (Fsp3) is 0.545. The Labute approximate surface area is 592 Å². The molecular formula is C66H96N16O21. The van der Waals surface area contributed by atoms with Crippen LogP contribution in [0.15, 0.2) is 60.8 Å². The van der Waals surface area contributed by atoms with Gasteiger partial charge >= 0.3 is 17.9 Å². The average molecular weight is 1450 g/mol. The van der Waals surface area contributed by atoms with Crippen LogP contribution in [0.2, 0.25) is 0 Å². The van der Waals surface area contributed by atoms with Crippen LogP contribution in [0.3, 0.4) is 0 Å². The molecule has 1 aromatic heterocycles. The SMILES string of the molecule is CCC(C)CCCC(O)CC(=O)N[C@H](CO)C(=O)N[C@@H]1C(=O)N[C@H](CCN)C(=O)N[C@@H](CC(=O)O)C(=O)NCC(=O)N[C@H](CC(N)=O)C(=O)N[C@H](CC(=O)O)C(=O)NCC(=O)N[C@@H](Cc2c[nH]c3ccccc23)C(=O)N[C@@H](C(C)C)C(=O)N[C@@H](CCN)C(=O)N[C@@H](Cc2ccccc2)C(=O)O[C@@H]1C. The molecule has 566 valence electrons. The number of aromatic nitrogens is 1. The highest BCUT2D eigenvalue weighted by molar-refractivity contribution is 6.01. The van der Waals surface area contributed by atoms with Crippen LogP contribution >= 0.6 is 0 Å². The van der Waals surface area contributed by atoms with E-state index in [1.165, 1.54) is 13.8 Å². The number of aliphatic hydroxyl groups is 2. The molecule has 0 aliphatic carbocycles. The lowest BCUT2D eigenvalue weighted by atomic mass is 9.99. The third kappa shape index (κ3) is 28.7. The number of nitrogens with two attached hydrogens (primary N) is 3. The summed E-state index contributed by atoms with van der Waals surface area (Å²) in [6.07, 6.45) is -4.44. The van der Waals surface area contributed by atoms with E-state index in [2.05, 4.69) is 63.5 Å². The largest absolute Gasteiger partial charge is 0.481 e. The Kier molecular flexibility index (Phi) is 35.0. The van der Waals surface area contributed by atoms with Gasteiger partial charge in [-0.15, -0.1) is 0 Å². The van der Waals surface area contributed by atoms with Crippen molar-refractivity contribution < 1.29 is 102 Å². The molecule has 13 amide bonds. The van der Waals surface area contributed by atoms with Gasteiger partial charge in [-0.1, -0.05) is 95.5 Å². The Morgan fingerprint density at radius 1 is 0.602 bits per heavy atom. The second-order valence-electron chi connectivity index (χ2n) is 25.2. The Morgan fingerprint density at radius 3 is 1.64 bits per heavy atom. The molecule has 37 heteroatoms. The van der Waals surface area contributed by atoms with Gasteiger partial charge < -0.3 is 111 Å². The maximum absolute atomic E-state index is 14.7. The fourth-order valence-electron chi connectivity index (χ4n) is 10.7. The molecule has 23 N–H and O–H groups in total. The highest BCUT2D eigenvalue weighted by atomic mass is 16.5. The van der Waals surface area contributed by atoms with Gasteiger partial charge in [-0.05, 0) is 68.3 Å².